The van der Waals surface area contributed by atoms with Gasteiger partial charge in [0.2, 0.25) is 0 Å². The minimum atomic E-state index is -2.61. The molecular weight excluding hydrogens is 374 g/mol. The van der Waals surface area contributed by atoms with E-state index in [4.69, 9.17) is 0 Å². The van der Waals surface area contributed by atoms with Crippen LogP contribution in [0.4, 0.5) is 5.82 Å². The molecule has 0 saturated heterocycles. The van der Waals surface area contributed by atoms with Crippen LogP contribution in [-0.4, -0.2) is 20.4 Å². The highest BCUT2D eigenvalue weighted by Gasteiger charge is 2.16. The van der Waals surface area contributed by atoms with Crippen molar-refractivity contribution in [2.75, 3.05) is 6.26 Å². The number of hydrogen-bond acceptors (Lipinski definition) is 5. The summed E-state index contributed by atoms with van der Waals surface area (Å²) in [4.78, 5) is 10.6. The molecule has 2 aromatic carbocycles. The minimum absolute atomic E-state index is 0.468. The third-order valence-electron chi connectivity index (χ3n) is 4.09. The van der Waals surface area contributed by atoms with Crippen LogP contribution >= 0.6 is 11.3 Å². The van der Waals surface area contributed by atoms with Gasteiger partial charge in [-0.05, 0) is 24.3 Å². The van der Waals surface area contributed by atoms with E-state index in [0.29, 0.717) is 10.7 Å². The summed E-state index contributed by atoms with van der Waals surface area (Å²) < 4.78 is 17.8. The Morgan fingerprint density at radius 2 is 1.59 bits per heavy atom. The molecule has 1 atom stereocenters. The second-order valence-corrected chi connectivity index (χ2v) is 9.09. The zero-order valence-electron chi connectivity index (χ0n) is 14.6. The van der Waals surface area contributed by atoms with Crippen molar-refractivity contribution in [3.05, 3.63) is 84.5 Å². The molecular formula is C21H17N3OS2. The number of nitrogens with zero attached hydrogens (tertiary/aromatic N) is 3. The first-order valence-electron chi connectivity index (χ1n) is 8.37. The lowest BCUT2D eigenvalue weighted by molar-refractivity contribution is 0.680. The first-order valence-corrected chi connectivity index (χ1v) is 11.2. The van der Waals surface area contributed by atoms with E-state index in [1.54, 1.807) is 12.5 Å². The Balaban J connectivity index is 1.86. The third kappa shape index (κ3) is 3.67. The molecule has 1 unspecified atom stereocenters. The van der Waals surface area contributed by atoms with Crippen molar-refractivity contribution >= 4 is 26.9 Å². The van der Waals surface area contributed by atoms with Crippen LogP contribution < -0.4 is 0 Å². The van der Waals surface area contributed by atoms with Crippen LogP contribution in [0.2, 0.25) is 0 Å². The molecule has 0 fully saturated rings. The topological polar surface area (TPSA) is 55.2 Å². The Kier molecular flexibility index (Phi) is 4.83. The highest BCUT2D eigenvalue weighted by atomic mass is 32.2. The summed E-state index contributed by atoms with van der Waals surface area (Å²) in [5.41, 5.74) is 4.56. The van der Waals surface area contributed by atoms with Crippen LogP contribution in [-0.2, 0) is 9.73 Å². The quantitative estimate of drug-likeness (QED) is 0.451. The maximum Gasteiger partial charge on any atom is 0.170 e. The van der Waals surface area contributed by atoms with E-state index < -0.39 is 9.73 Å². The molecule has 27 heavy (non-hydrogen) atoms. The summed E-state index contributed by atoms with van der Waals surface area (Å²) in [6.07, 6.45) is 3.32. The fraction of sp³-hybridized carbons (Fsp3) is 0.0476. The molecule has 0 radical (unpaired) electrons. The molecule has 0 aliphatic rings. The number of hydrogen-bond donors (Lipinski definition) is 0. The molecule has 0 amide bonds. The zero-order valence-corrected chi connectivity index (χ0v) is 16.3. The number of rotatable bonds is 4. The number of thiazole rings is 1. The van der Waals surface area contributed by atoms with Crippen LogP contribution in [0.5, 0.6) is 0 Å². The Morgan fingerprint density at radius 1 is 0.889 bits per heavy atom. The predicted octanol–water partition coefficient (Wildman–Crippen LogP) is 5.66. The molecule has 0 aliphatic carbocycles. The molecule has 4 rings (SSSR count). The van der Waals surface area contributed by atoms with Gasteiger partial charge in [-0.15, -0.1) is 11.3 Å². The monoisotopic (exact) mass is 391 g/mol. The molecule has 4 nitrogen and oxygen atoms in total. The second kappa shape index (κ2) is 7.42. The van der Waals surface area contributed by atoms with E-state index in [2.05, 4.69) is 14.3 Å². The van der Waals surface area contributed by atoms with E-state index in [1.165, 1.54) is 11.3 Å². The van der Waals surface area contributed by atoms with Gasteiger partial charge in [0.1, 0.15) is 0 Å². The van der Waals surface area contributed by atoms with Crippen LogP contribution in [0.15, 0.2) is 93.8 Å². The Morgan fingerprint density at radius 3 is 2.33 bits per heavy atom. The second-order valence-electron chi connectivity index (χ2n) is 5.98. The molecule has 0 saturated carbocycles. The van der Waals surface area contributed by atoms with Crippen molar-refractivity contribution in [1.29, 1.82) is 0 Å². The molecule has 0 aliphatic heterocycles. The molecule has 0 spiro atoms. The fourth-order valence-electron chi connectivity index (χ4n) is 2.78. The molecule has 0 N–H and O–H groups in total. The van der Waals surface area contributed by atoms with E-state index in [0.717, 1.165) is 21.7 Å². The first-order chi connectivity index (χ1) is 13.1. The summed E-state index contributed by atoms with van der Waals surface area (Å²) in [6.45, 7) is 0. The van der Waals surface area contributed by atoms with Gasteiger partial charge in [0.05, 0.1) is 25.8 Å². The first kappa shape index (κ1) is 17.6. The van der Waals surface area contributed by atoms with E-state index in [1.807, 2.05) is 78.3 Å². The van der Waals surface area contributed by atoms with E-state index >= 15 is 0 Å². The Bertz CT molecular complexity index is 1180. The third-order valence-corrected chi connectivity index (χ3v) is 6.62. The smallest absolute Gasteiger partial charge is 0.170 e. The van der Waals surface area contributed by atoms with Gasteiger partial charge in [0, 0.05) is 28.5 Å². The summed E-state index contributed by atoms with van der Waals surface area (Å²) in [5, 5.41) is 0. The highest BCUT2D eigenvalue weighted by Crippen LogP contribution is 2.39. The average Bonchev–Trinajstić information content (AvgIpc) is 3.19. The van der Waals surface area contributed by atoms with Gasteiger partial charge in [-0.1, -0.05) is 48.5 Å². The average molecular weight is 392 g/mol. The number of pyridine rings is 1. The van der Waals surface area contributed by atoms with Crippen LogP contribution in [0, 0.1) is 0 Å². The van der Waals surface area contributed by atoms with Gasteiger partial charge >= 0.3 is 0 Å². The predicted molar refractivity (Wildman–Crippen MR) is 112 cm³/mol. The fourth-order valence-corrected chi connectivity index (χ4v) is 4.85. The maximum absolute atomic E-state index is 13.2. The Labute approximate surface area is 162 Å². The maximum atomic E-state index is 13.2. The number of benzene rings is 2. The lowest BCUT2D eigenvalue weighted by Crippen LogP contribution is -1.97. The Hall–Kier alpha value is -2.83. The van der Waals surface area contributed by atoms with Gasteiger partial charge in [0.15, 0.2) is 5.82 Å². The largest absolute Gasteiger partial charge is 0.245 e. The van der Waals surface area contributed by atoms with Crippen molar-refractivity contribution in [2.45, 2.75) is 4.90 Å². The highest BCUT2D eigenvalue weighted by molar-refractivity contribution is 7.93. The number of aromatic nitrogens is 2. The summed E-state index contributed by atoms with van der Waals surface area (Å²) in [6, 6.07) is 23.1. The van der Waals surface area contributed by atoms with Crippen molar-refractivity contribution < 1.29 is 4.21 Å². The lowest BCUT2D eigenvalue weighted by atomic mass is 10.1. The molecule has 0 bridgehead atoms. The van der Waals surface area contributed by atoms with Gasteiger partial charge < -0.3 is 0 Å². The summed E-state index contributed by atoms with van der Waals surface area (Å²) in [5.74, 6) is 0.468. The summed E-state index contributed by atoms with van der Waals surface area (Å²) >= 11 is 1.53. The van der Waals surface area contributed by atoms with Crippen LogP contribution in [0.1, 0.15) is 0 Å². The molecule has 6 heteroatoms. The van der Waals surface area contributed by atoms with E-state index in [-0.39, 0.29) is 0 Å². The summed E-state index contributed by atoms with van der Waals surface area (Å²) in [7, 11) is -2.61. The van der Waals surface area contributed by atoms with Crippen molar-refractivity contribution in [3.63, 3.8) is 0 Å². The van der Waals surface area contributed by atoms with Crippen molar-refractivity contribution in [1.82, 2.24) is 9.97 Å². The van der Waals surface area contributed by atoms with Gasteiger partial charge in [-0.25, -0.2) is 14.2 Å². The van der Waals surface area contributed by atoms with Gasteiger partial charge in [-0.3, -0.25) is 0 Å². The molecule has 134 valence electrons. The van der Waals surface area contributed by atoms with E-state index in [9.17, 15) is 4.21 Å². The van der Waals surface area contributed by atoms with Gasteiger partial charge in [-0.2, -0.15) is 4.36 Å². The minimum Gasteiger partial charge on any atom is -0.245 e. The molecule has 2 aromatic heterocycles. The zero-order chi connectivity index (χ0) is 18.7. The SMILES string of the molecule is CS(=O)(=Nc1ncccc1-c1scnc1-c1ccccc1)c1ccccc1. The van der Waals surface area contributed by atoms with Gasteiger partial charge in [0.25, 0.3) is 0 Å². The van der Waals surface area contributed by atoms with Crippen molar-refractivity contribution in [2.24, 2.45) is 4.36 Å². The van der Waals surface area contributed by atoms with Crippen LogP contribution in [0.25, 0.3) is 21.7 Å². The van der Waals surface area contributed by atoms with Crippen LogP contribution in [0.3, 0.4) is 0 Å². The standard InChI is InChI=1S/C21H17N3OS2/c1-27(25,17-11-6-3-7-12-17)24-21-18(13-8-14-22-21)20-19(23-15-26-20)16-9-4-2-5-10-16/h2-15H,1H3. The lowest BCUT2D eigenvalue weighted by Gasteiger charge is -2.08. The molecule has 4 aromatic rings. The molecule has 2 heterocycles. The van der Waals surface area contributed by atoms with Crippen molar-refractivity contribution in [3.8, 4) is 21.7 Å². The normalized spacial score (nSPS) is 13.1.